The van der Waals surface area contributed by atoms with E-state index in [-0.39, 0.29) is 25.5 Å². The summed E-state index contributed by atoms with van der Waals surface area (Å²) in [6, 6.07) is 13.6. The zero-order valence-corrected chi connectivity index (χ0v) is 15.4. The van der Waals surface area contributed by atoms with E-state index in [4.69, 9.17) is 16.3 Å². The molecule has 0 spiro atoms. The quantitative estimate of drug-likeness (QED) is 0.736. The molecule has 0 aliphatic carbocycles. The smallest absolute Gasteiger partial charge is 0.337 e. The Balaban J connectivity index is 1.62. The molecule has 0 saturated carbocycles. The second-order valence-corrected chi connectivity index (χ2v) is 6.55. The molecule has 3 rings (SSSR count). The predicted molar refractivity (Wildman–Crippen MR) is 99.5 cm³/mol. The molecule has 2 aromatic carbocycles. The highest BCUT2D eigenvalue weighted by atomic mass is 35.5. The van der Waals surface area contributed by atoms with Crippen LogP contribution in [0.4, 0.5) is 5.69 Å². The van der Waals surface area contributed by atoms with E-state index in [1.165, 1.54) is 12.0 Å². The Morgan fingerprint density at radius 3 is 2.52 bits per heavy atom. The zero-order chi connectivity index (χ0) is 19.4. The summed E-state index contributed by atoms with van der Waals surface area (Å²) < 4.78 is 9.98. The van der Waals surface area contributed by atoms with E-state index >= 15 is 0 Å². The average molecular weight is 388 g/mol. The van der Waals surface area contributed by atoms with Crippen LogP contribution in [0, 0.1) is 5.92 Å². The zero-order valence-electron chi connectivity index (χ0n) is 14.7. The van der Waals surface area contributed by atoms with Gasteiger partial charge < -0.3 is 14.4 Å². The van der Waals surface area contributed by atoms with Gasteiger partial charge in [-0.3, -0.25) is 9.59 Å². The fraction of sp³-hybridized carbons (Fsp3) is 0.250. The number of amides is 1. The van der Waals surface area contributed by atoms with E-state index < -0.39 is 17.9 Å². The van der Waals surface area contributed by atoms with Crippen LogP contribution in [0.5, 0.6) is 0 Å². The maximum atomic E-state index is 12.3. The number of anilines is 1. The third-order valence-electron chi connectivity index (χ3n) is 4.39. The highest BCUT2D eigenvalue weighted by Gasteiger charge is 2.36. The van der Waals surface area contributed by atoms with Gasteiger partial charge in [0.2, 0.25) is 5.91 Å². The number of halogens is 1. The van der Waals surface area contributed by atoms with E-state index in [9.17, 15) is 14.4 Å². The molecule has 27 heavy (non-hydrogen) atoms. The van der Waals surface area contributed by atoms with Gasteiger partial charge in [-0.1, -0.05) is 29.8 Å². The summed E-state index contributed by atoms with van der Waals surface area (Å²) in [7, 11) is 1.30. The van der Waals surface area contributed by atoms with Crippen molar-refractivity contribution in [3.05, 3.63) is 64.7 Å². The van der Waals surface area contributed by atoms with Crippen LogP contribution in [0.15, 0.2) is 48.5 Å². The van der Waals surface area contributed by atoms with Crippen molar-refractivity contribution in [3.8, 4) is 0 Å². The Hall–Kier alpha value is -2.86. The number of ether oxygens (including phenoxy) is 2. The van der Waals surface area contributed by atoms with Crippen LogP contribution in [0.1, 0.15) is 22.3 Å². The molecule has 7 heteroatoms. The van der Waals surface area contributed by atoms with E-state index in [0.717, 1.165) is 0 Å². The largest absolute Gasteiger partial charge is 0.465 e. The first-order valence-electron chi connectivity index (χ1n) is 8.38. The Bertz CT molecular complexity index is 865. The Morgan fingerprint density at radius 2 is 1.85 bits per heavy atom. The maximum absolute atomic E-state index is 12.3. The molecule has 0 radical (unpaired) electrons. The fourth-order valence-corrected chi connectivity index (χ4v) is 3.08. The predicted octanol–water partition coefficient (Wildman–Crippen LogP) is 3.22. The molecule has 1 fully saturated rings. The van der Waals surface area contributed by atoms with Crippen molar-refractivity contribution in [2.45, 2.75) is 13.0 Å². The first-order chi connectivity index (χ1) is 13.0. The highest BCUT2D eigenvalue weighted by molar-refractivity contribution is 6.31. The van der Waals surface area contributed by atoms with Gasteiger partial charge in [0.25, 0.3) is 0 Å². The Morgan fingerprint density at radius 1 is 1.15 bits per heavy atom. The van der Waals surface area contributed by atoms with Crippen LogP contribution >= 0.6 is 11.6 Å². The number of methoxy groups -OCH3 is 1. The lowest BCUT2D eigenvalue weighted by Gasteiger charge is -2.17. The molecule has 1 aliphatic heterocycles. The van der Waals surface area contributed by atoms with Gasteiger partial charge in [0.15, 0.2) is 0 Å². The van der Waals surface area contributed by atoms with Crippen LogP contribution in [0.3, 0.4) is 0 Å². The lowest BCUT2D eigenvalue weighted by Crippen LogP contribution is -2.26. The van der Waals surface area contributed by atoms with Gasteiger partial charge in [-0.15, -0.1) is 0 Å². The minimum absolute atomic E-state index is 0.0665. The molecule has 1 aliphatic rings. The lowest BCUT2D eigenvalue weighted by molar-refractivity contribution is -0.149. The number of rotatable bonds is 5. The van der Waals surface area contributed by atoms with Gasteiger partial charge in [-0.25, -0.2) is 4.79 Å². The fourth-order valence-electron chi connectivity index (χ4n) is 2.89. The summed E-state index contributed by atoms with van der Waals surface area (Å²) in [5.74, 6) is -1.59. The van der Waals surface area contributed by atoms with Crippen LogP contribution < -0.4 is 4.90 Å². The third kappa shape index (κ3) is 4.28. The van der Waals surface area contributed by atoms with Crippen LogP contribution in [0.25, 0.3) is 0 Å². The molecule has 140 valence electrons. The number of carbonyl (C=O) groups is 3. The van der Waals surface area contributed by atoms with E-state index in [2.05, 4.69) is 4.74 Å². The molecule has 1 atom stereocenters. The van der Waals surface area contributed by atoms with Crippen molar-refractivity contribution in [2.75, 3.05) is 18.6 Å². The van der Waals surface area contributed by atoms with Crippen LogP contribution in [-0.2, 0) is 25.7 Å². The number of esters is 2. The first kappa shape index (κ1) is 18.9. The van der Waals surface area contributed by atoms with Gasteiger partial charge >= 0.3 is 11.9 Å². The van der Waals surface area contributed by atoms with Crippen LogP contribution in [0.2, 0.25) is 5.02 Å². The second-order valence-electron chi connectivity index (χ2n) is 6.14. The Labute approximate surface area is 161 Å². The molecule has 0 bridgehead atoms. The van der Waals surface area contributed by atoms with Crippen LogP contribution in [-0.4, -0.2) is 31.5 Å². The molecule has 0 aromatic heterocycles. The van der Waals surface area contributed by atoms with Crippen molar-refractivity contribution in [1.29, 1.82) is 0 Å². The monoisotopic (exact) mass is 387 g/mol. The average Bonchev–Trinajstić information content (AvgIpc) is 3.08. The SMILES string of the molecule is COC(=O)c1ccc(N2C[C@H](C(=O)OCc3ccccc3Cl)CC2=O)cc1. The normalized spacial score (nSPS) is 16.3. The first-order valence-corrected chi connectivity index (χ1v) is 8.76. The Kier molecular flexibility index (Phi) is 5.76. The van der Waals surface area contributed by atoms with Crippen molar-refractivity contribution < 1.29 is 23.9 Å². The lowest BCUT2D eigenvalue weighted by atomic mass is 10.1. The van der Waals surface area contributed by atoms with Crippen molar-refractivity contribution in [1.82, 2.24) is 0 Å². The summed E-state index contributed by atoms with van der Waals surface area (Å²) >= 11 is 6.05. The minimum atomic E-state index is -0.541. The van der Waals surface area contributed by atoms with Crippen molar-refractivity contribution in [3.63, 3.8) is 0 Å². The van der Waals surface area contributed by atoms with Gasteiger partial charge in [0, 0.05) is 29.2 Å². The third-order valence-corrected chi connectivity index (χ3v) is 4.75. The maximum Gasteiger partial charge on any atom is 0.337 e. The van der Waals surface area contributed by atoms with E-state index in [0.29, 0.717) is 21.8 Å². The molecule has 0 unspecified atom stereocenters. The highest BCUT2D eigenvalue weighted by Crippen LogP contribution is 2.27. The summed E-state index contributed by atoms with van der Waals surface area (Å²) in [5.41, 5.74) is 1.73. The molecular weight excluding hydrogens is 370 g/mol. The number of benzene rings is 2. The molecule has 1 heterocycles. The summed E-state index contributed by atoms with van der Waals surface area (Å²) in [6.45, 7) is 0.300. The van der Waals surface area contributed by atoms with Crippen molar-refractivity contribution >= 4 is 35.1 Å². The molecule has 1 saturated heterocycles. The van der Waals surface area contributed by atoms with E-state index in [1.807, 2.05) is 6.07 Å². The molecule has 6 nitrogen and oxygen atoms in total. The summed E-state index contributed by atoms with van der Waals surface area (Å²) in [6.07, 6.45) is 0.0834. The van der Waals surface area contributed by atoms with Gasteiger partial charge in [-0.2, -0.15) is 0 Å². The number of hydrogen-bond acceptors (Lipinski definition) is 5. The van der Waals surface area contributed by atoms with Gasteiger partial charge in [-0.05, 0) is 30.3 Å². The van der Waals surface area contributed by atoms with E-state index in [1.54, 1.807) is 42.5 Å². The molecule has 2 aromatic rings. The number of nitrogens with zero attached hydrogens (tertiary/aromatic N) is 1. The number of hydrogen-bond donors (Lipinski definition) is 0. The van der Waals surface area contributed by atoms with Gasteiger partial charge in [0.1, 0.15) is 6.61 Å². The topological polar surface area (TPSA) is 72.9 Å². The van der Waals surface area contributed by atoms with Gasteiger partial charge in [0.05, 0.1) is 18.6 Å². The molecule has 0 N–H and O–H groups in total. The minimum Gasteiger partial charge on any atom is -0.465 e. The molecule has 1 amide bonds. The number of carbonyl (C=O) groups excluding carboxylic acids is 3. The molecular formula is C20H18ClNO5. The summed E-state index contributed by atoms with van der Waals surface area (Å²) in [5, 5.41) is 0.528. The second kappa shape index (κ2) is 8.22. The standard InChI is InChI=1S/C20H18ClNO5/c1-26-19(24)13-6-8-16(9-7-13)22-11-15(10-18(22)23)20(25)27-12-14-4-2-3-5-17(14)21/h2-9,15H,10-12H2,1H3/t15-/m1/s1. The summed E-state index contributed by atoms with van der Waals surface area (Å²) in [4.78, 5) is 37.6. The van der Waals surface area contributed by atoms with Crippen molar-refractivity contribution in [2.24, 2.45) is 5.92 Å².